The first kappa shape index (κ1) is 19.2. The summed E-state index contributed by atoms with van der Waals surface area (Å²) >= 11 is 0. The van der Waals surface area contributed by atoms with Crippen molar-refractivity contribution in [2.24, 2.45) is 0 Å². The third kappa shape index (κ3) is 4.40. The molecule has 0 atom stereocenters. The van der Waals surface area contributed by atoms with E-state index in [1.54, 1.807) is 37.3 Å². The molecule has 3 aromatic rings. The summed E-state index contributed by atoms with van der Waals surface area (Å²) in [5.41, 5.74) is 4.45. The van der Waals surface area contributed by atoms with Crippen molar-refractivity contribution in [3.05, 3.63) is 76.7 Å². The van der Waals surface area contributed by atoms with Gasteiger partial charge < -0.3 is 10.6 Å². The van der Waals surface area contributed by atoms with Gasteiger partial charge in [0.2, 0.25) is 0 Å². The molecule has 1 aromatic heterocycles. The van der Waals surface area contributed by atoms with Crippen molar-refractivity contribution in [3.63, 3.8) is 0 Å². The summed E-state index contributed by atoms with van der Waals surface area (Å²) < 4.78 is 0. The predicted molar refractivity (Wildman–Crippen MR) is 110 cm³/mol. The van der Waals surface area contributed by atoms with Crippen LogP contribution in [0.25, 0.3) is 0 Å². The summed E-state index contributed by atoms with van der Waals surface area (Å²) in [6, 6.07) is 14.4. The Morgan fingerprint density at radius 3 is 2.25 bits per heavy atom. The second kappa shape index (κ2) is 8.00. The summed E-state index contributed by atoms with van der Waals surface area (Å²) in [5, 5.41) is 6.07. The summed E-state index contributed by atoms with van der Waals surface area (Å²) in [6.07, 6.45) is 0. The number of para-hydroxylation sites is 1. The standard InChI is InChI=1S/C22H22N4O2/c1-13-7-5-8-14(2)21(13)26-20-12-19(23-16(4)24-20)22(28)25-18-10-6-9-17(11-18)15(3)27/h5-12H,1-4H3,(H,25,28)(H,23,24,26). The zero-order valence-corrected chi connectivity index (χ0v) is 16.3. The largest absolute Gasteiger partial charge is 0.340 e. The number of benzene rings is 2. The molecule has 142 valence electrons. The van der Waals surface area contributed by atoms with Crippen LogP contribution in [0.2, 0.25) is 0 Å². The number of hydrogen-bond donors (Lipinski definition) is 2. The van der Waals surface area contributed by atoms with Gasteiger partial charge in [0, 0.05) is 23.0 Å². The summed E-state index contributed by atoms with van der Waals surface area (Å²) in [7, 11) is 0. The number of hydrogen-bond acceptors (Lipinski definition) is 5. The highest BCUT2D eigenvalue weighted by Gasteiger charge is 2.13. The Morgan fingerprint density at radius 1 is 0.893 bits per heavy atom. The first-order chi connectivity index (χ1) is 13.3. The Hall–Kier alpha value is -3.54. The zero-order valence-electron chi connectivity index (χ0n) is 16.3. The van der Waals surface area contributed by atoms with Crippen molar-refractivity contribution < 1.29 is 9.59 Å². The van der Waals surface area contributed by atoms with E-state index in [2.05, 4.69) is 20.6 Å². The topological polar surface area (TPSA) is 84.0 Å². The molecule has 2 N–H and O–H groups in total. The normalized spacial score (nSPS) is 10.4. The van der Waals surface area contributed by atoms with E-state index in [9.17, 15) is 9.59 Å². The highest BCUT2D eigenvalue weighted by Crippen LogP contribution is 2.24. The number of anilines is 3. The lowest BCUT2D eigenvalue weighted by molar-refractivity contribution is 0.100. The van der Waals surface area contributed by atoms with Gasteiger partial charge in [-0.3, -0.25) is 9.59 Å². The van der Waals surface area contributed by atoms with Gasteiger partial charge in [-0.05, 0) is 51.0 Å². The Bertz CT molecular complexity index is 1040. The van der Waals surface area contributed by atoms with Crippen LogP contribution in [0.4, 0.5) is 17.2 Å². The molecule has 0 aliphatic rings. The highest BCUT2D eigenvalue weighted by atomic mass is 16.2. The van der Waals surface area contributed by atoms with Gasteiger partial charge in [-0.25, -0.2) is 9.97 Å². The molecular formula is C22H22N4O2. The van der Waals surface area contributed by atoms with Gasteiger partial charge in [-0.2, -0.15) is 0 Å². The van der Waals surface area contributed by atoms with Crippen molar-refractivity contribution >= 4 is 28.9 Å². The molecular weight excluding hydrogens is 352 g/mol. The third-order valence-electron chi connectivity index (χ3n) is 4.33. The molecule has 6 heteroatoms. The van der Waals surface area contributed by atoms with Gasteiger partial charge in [-0.1, -0.05) is 30.3 Å². The third-order valence-corrected chi connectivity index (χ3v) is 4.33. The molecule has 28 heavy (non-hydrogen) atoms. The van der Waals surface area contributed by atoms with E-state index in [1.165, 1.54) is 6.92 Å². The molecule has 0 spiro atoms. The molecule has 0 fully saturated rings. The van der Waals surface area contributed by atoms with Crippen LogP contribution >= 0.6 is 0 Å². The number of nitrogens with one attached hydrogen (secondary N) is 2. The van der Waals surface area contributed by atoms with Crippen LogP contribution in [0, 0.1) is 20.8 Å². The van der Waals surface area contributed by atoms with Crippen molar-refractivity contribution in [1.29, 1.82) is 0 Å². The van der Waals surface area contributed by atoms with E-state index in [0.29, 0.717) is 22.9 Å². The smallest absolute Gasteiger partial charge is 0.274 e. The van der Waals surface area contributed by atoms with E-state index in [0.717, 1.165) is 16.8 Å². The number of Topliss-reactive ketones (excluding diaryl/α,β-unsaturated/α-hetero) is 1. The number of carbonyl (C=O) groups excluding carboxylic acids is 2. The quantitative estimate of drug-likeness (QED) is 0.638. The molecule has 0 unspecified atom stereocenters. The number of rotatable bonds is 5. The average Bonchev–Trinajstić information content (AvgIpc) is 2.64. The highest BCUT2D eigenvalue weighted by molar-refractivity contribution is 6.04. The molecule has 0 radical (unpaired) electrons. The first-order valence-corrected chi connectivity index (χ1v) is 8.95. The molecule has 3 rings (SSSR count). The minimum atomic E-state index is -0.365. The fourth-order valence-electron chi connectivity index (χ4n) is 2.90. The van der Waals surface area contributed by atoms with Gasteiger partial charge in [0.05, 0.1) is 0 Å². The van der Waals surface area contributed by atoms with Gasteiger partial charge in [0.15, 0.2) is 5.78 Å². The number of nitrogens with zero attached hydrogens (tertiary/aromatic N) is 2. The number of ketones is 1. The molecule has 0 bridgehead atoms. The molecule has 6 nitrogen and oxygen atoms in total. The second-order valence-electron chi connectivity index (χ2n) is 6.67. The fourth-order valence-corrected chi connectivity index (χ4v) is 2.90. The van der Waals surface area contributed by atoms with Crippen LogP contribution < -0.4 is 10.6 Å². The molecule has 0 aliphatic carbocycles. The maximum absolute atomic E-state index is 12.7. The van der Waals surface area contributed by atoms with Crippen molar-refractivity contribution in [3.8, 4) is 0 Å². The Labute approximate surface area is 164 Å². The van der Waals surface area contributed by atoms with Crippen LogP contribution in [0.5, 0.6) is 0 Å². The van der Waals surface area contributed by atoms with Crippen LogP contribution in [-0.2, 0) is 0 Å². The molecule has 0 saturated carbocycles. The maximum atomic E-state index is 12.7. The first-order valence-electron chi connectivity index (χ1n) is 8.95. The lowest BCUT2D eigenvalue weighted by atomic mass is 10.1. The zero-order chi connectivity index (χ0) is 20.3. The molecule has 0 aliphatic heterocycles. The number of carbonyl (C=O) groups is 2. The van der Waals surface area contributed by atoms with E-state index < -0.39 is 0 Å². The number of aromatic nitrogens is 2. The average molecular weight is 374 g/mol. The SMILES string of the molecule is CC(=O)c1cccc(NC(=O)c2cc(Nc3c(C)cccc3C)nc(C)n2)c1. The number of aryl methyl sites for hydroxylation is 3. The van der Waals surface area contributed by atoms with Crippen molar-refractivity contribution in [2.45, 2.75) is 27.7 Å². The Morgan fingerprint density at radius 2 is 1.57 bits per heavy atom. The van der Waals surface area contributed by atoms with E-state index in [4.69, 9.17) is 0 Å². The van der Waals surface area contributed by atoms with E-state index >= 15 is 0 Å². The maximum Gasteiger partial charge on any atom is 0.274 e. The summed E-state index contributed by atoms with van der Waals surface area (Å²) in [4.78, 5) is 32.8. The molecule has 2 aromatic carbocycles. The number of amides is 1. The summed E-state index contributed by atoms with van der Waals surface area (Å²) in [5.74, 6) is 0.608. The molecule has 1 amide bonds. The van der Waals surface area contributed by atoms with Crippen LogP contribution in [0.3, 0.4) is 0 Å². The second-order valence-corrected chi connectivity index (χ2v) is 6.67. The summed E-state index contributed by atoms with van der Waals surface area (Å²) in [6.45, 7) is 7.25. The monoisotopic (exact) mass is 374 g/mol. The van der Waals surface area contributed by atoms with Gasteiger partial charge in [0.25, 0.3) is 5.91 Å². The predicted octanol–water partition coefficient (Wildman–Crippen LogP) is 4.60. The Kier molecular flexibility index (Phi) is 5.49. The minimum absolute atomic E-state index is 0.0610. The minimum Gasteiger partial charge on any atom is -0.340 e. The van der Waals surface area contributed by atoms with Crippen LogP contribution in [-0.4, -0.2) is 21.7 Å². The van der Waals surface area contributed by atoms with Crippen LogP contribution in [0.1, 0.15) is 44.7 Å². The van der Waals surface area contributed by atoms with Crippen molar-refractivity contribution in [2.75, 3.05) is 10.6 Å². The lowest BCUT2D eigenvalue weighted by Crippen LogP contribution is -2.15. The van der Waals surface area contributed by atoms with E-state index in [-0.39, 0.29) is 17.4 Å². The van der Waals surface area contributed by atoms with Crippen LogP contribution in [0.15, 0.2) is 48.5 Å². The lowest BCUT2D eigenvalue weighted by Gasteiger charge is -2.13. The molecule has 0 saturated heterocycles. The fraction of sp³-hybridized carbons (Fsp3) is 0.182. The van der Waals surface area contributed by atoms with Gasteiger partial charge >= 0.3 is 0 Å². The Balaban J connectivity index is 1.86. The molecule has 1 heterocycles. The van der Waals surface area contributed by atoms with Gasteiger partial charge in [0.1, 0.15) is 17.3 Å². The van der Waals surface area contributed by atoms with E-state index in [1.807, 2.05) is 32.0 Å². The van der Waals surface area contributed by atoms with Gasteiger partial charge in [-0.15, -0.1) is 0 Å². The van der Waals surface area contributed by atoms with Crippen molar-refractivity contribution in [1.82, 2.24) is 9.97 Å².